The van der Waals surface area contributed by atoms with E-state index < -0.39 is 0 Å². The van der Waals surface area contributed by atoms with Gasteiger partial charge in [-0.05, 0) is 17.2 Å². The molecule has 0 N–H and O–H groups in total. The average molecular weight is 275 g/mol. The Morgan fingerprint density at radius 3 is 2.38 bits per heavy atom. The van der Waals surface area contributed by atoms with Crippen LogP contribution < -0.4 is 4.57 Å². The van der Waals surface area contributed by atoms with Gasteiger partial charge in [0.15, 0.2) is 12.4 Å². The zero-order chi connectivity index (χ0) is 11.4. The number of benzene rings is 1. The lowest BCUT2D eigenvalue weighted by Gasteiger charge is -1.96. The highest BCUT2D eigenvalue weighted by Gasteiger charge is 1.94. The number of rotatable bonds is 2. The molecule has 2 rings (SSSR count). The summed E-state index contributed by atoms with van der Waals surface area (Å²) in [6.07, 6.45) is 8.30. The molecule has 0 spiro atoms. The number of halogens is 1. The van der Waals surface area contributed by atoms with E-state index in [2.05, 4.69) is 46.3 Å². The third-order valence-electron chi connectivity index (χ3n) is 2.36. The Bertz CT molecular complexity index is 500. The van der Waals surface area contributed by atoms with Crippen molar-refractivity contribution in [1.82, 2.24) is 0 Å². The second-order valence-corrected chi connectivity index (χ2v) is 4.51. The fourth-order valence-electron chi connectivity index (χ4n) is 1.42. The molecule has 0 aliphatic rings. The SMILES string of the molecule is C[n+]1ccc(/C=C\c2ccccc2Br)cc1. The summed E-state index contributed by atoms with van der Waals surface area (Å²) in [5, 5.41) is 0. The van der Waals surface area contributed by atoms with Gasteiger partial charge in [-0.2, -0.15) is 0 Å². The molecule has 0 saturated carbocycles. The van der Waals surface area contributed by atoms with Gasteiger partial charge in [-0.1, -0.05) is 46.3 Å². The molecule has 0 aliphatic heterocycles. The van der Waals surface area contributed by atoms with Crippen LogP contribution in [-0.2, 0) is 7.05 Å². The summed E-state index contributed by atoms with van der Waals surface area (Å²) in [5.74, 6) is 0. The van der Waals surface area contributed by atoms with E-state index in [0.717, 1.165) is 4.47 Å². The molecule has 0 amide bonds. The third-order valence-corrected chi connectivity index (χ3v) is 3.09. The highest BCUT2D eigenvalue weighted by Crippen LogP contribution is 2.18. The molecule has 2 aromatic rings. The van der Waals surface area contributed by atoms with Crippen molar-refractivity contribution >= 4 is 28.1 Å². The van der Waals surface area contributed by atoms with Gasteiger partial charge in [0.2, 0.25) is 0 Å². The molecule has 1 aromatic heterocycles. The number of hydrogen-bond acceptors (Lipinski definition) is 0. The standard InChI is InChI=1S/C14H13BrN/c1-16-10-8-12(9-11-16)6-7-13-4-2-3-5-14(13)15/h2-11H,1H3/q+1/b7-6-. The Morgan fingerprint density at radius 1 is 1.00 bits per heavy atom. The molecule has 80 valence electrons. The van der Waals surface area contributed by atoms with Crippen LogP contribution in [0.4, 0.5) is 0 Å². The number of hydrogen-bond donors (Lipinski definition) is 0. The summed E-state index contributed by atoms with van der Waals surface area (Å²) in [6.45, 7) is 0. The molecule has 0 unspecified atom stereocenters. The van der Waals surface area contributed by atoms with Crippen LogP contribution in [-0.4, -0.2) is 0 Å². The van der Waals surface area contributed by atoms with Crippen molar-refractivity contribution in [3.05, 3.63) is 64.4 Å². The predicted octanol–water partition coefficient (Wildman–Crippen LogP) is 3.44. The maximum absolute atomic E-state index is 3.53. The van der Waals surface area contributed by atoms with E-state index in [-0.39, 0.29) is 0 Å². The Hall–Kier alpha value is -1.41. The third kappa shape index (κ3) is 2.80. The minimum atomic E-state index is 1.12. The first-order valence-corrected chi connectivity index (χ1v) is 5.93. The molecule has 0 radical (unpaired) electrons. The summed E-state index contributed by atoms with van der Waals surface area (Å²) in [5.41, 5.74) is 2.39. The minimum absolute atomic E-state index is 1.12. The van der Waals surface area contributed by atoms with E-state index in [1.165, 1.54) is 11.1 Å². The van der Waals surface area contributed by atoms with Crippen LogP contribution in [0.5, 0.6) is 0 Å². The van der Waals surface area contributed by atoms with Gasteiger partial charge in [-0.3, -0.25) is 0 Å². The molecule has 1 aromatic carbocycles. The summed E-state index contributed by atoms with van der Waals surface area (Å²) in [4.78, 5) is 0. The summed E-state index contributed by atoms with van der Waals surface area (Å²) in [7, 11) is 2.02. The Labute approximate surface area is 104 Å². The fraction of sp³-hybridized carbons (Fsp3) is 0.0714. The monoisotopic (exact) mass is 274 g/mol. The molecular formula is C14H13BrN+. The summed E-state index contributed by atoms with van der Waals surface area (Å²) in [6, 6.07) is 12.4. The van der Waals surface area contributed by atoms with Crippen molar-refractivity contribution in [3.63, 3.8) is 0 Å². The van der Waals surface area contributed by atoms with Crippen molar-refractivity contribution < 1.29 is 4.57 Å². The van der Waals surface area contributed by atoms with Crippen molar-refractivity contribution in [2.75, 3.05) is 0 Å². The van der Waals surface area contributed by atoms with Crippen LogP contribution in [0.1, 0.15) is 11.1 Å². The average Bonchev–Trinajstić information content (AvgIpc) is 2.30. The van der Waals surface area contributed by atoms with Gasteiger partial charge in [-0.15, -0.1) is 0 Å². The van der Waals surface area contributed by atoms with Crippen LogP contribution in [0.15, 0.2) is 53.3 Å². The number of pyridine rings is 1. The van der Waals surface area contributed by atoms with E-state index in [0.29, 0.717) is 0 Å². The number of nitrogens with zero attached hydrogens (tertiary/aromatic N) is 1. The molecule has 1 heterocycles. The first-order chi connectivity index (χ1) is 7.75. The predicted molar refractivity (Wildman–Crippen MR) is 70.7 cm³/mol. The minimum Gasteiger partial charge on any atom is -0.208 e. The molecule has 0 bridgehead atoms. The highest BCUT2D eigenvalue weighted by molar-refractivity contribution is 9.10. The van der Waals surface area contributed by atoms with Crippen molar-refractivity contribution in [2.24, 2.45) is 7.05 Å². The molecule has 2 heteroatoms. The molecule has 0 fully saturated rings. The number of aryl methyl sites for hydroxylation is 1. The van der Waals surface area contributed by atoms with Crippen LogP contribution in [0.25, 0.3) is 12.2 Å². The van der Waals surface area contributed by atoms with Crippen molar-refractivity contribution in [3.8, 4) is 0 Å². The maximum Gasteiger partial charge on any atom is 0.169 e. The highest BCUT2D eigenvalue weighted by atomic mass is 79.9. The Morgan fingerprint density at radius 2 is 1.69 bits per heavy atom. The van der Waals surface area contributed by atoms with E-state index in [9.17, 15) is 0 Å². The van der Waals surface area contributed by atoms with Crippen molar-refractivity contribution in [2.45, 2.75) is 0 Å². The molecular weight excluding hydrogens is 262 g/mol. The smallest absolute Gasteiger partial charge is 0.169 e. The van der Waals surface area contributed by atoms with Crippen LogP contribution in [0, 0.1) is 0 Å². The van der Waals surface area contributed by atoms with E-state index in [4.69, 9.17) is 0 Å². The largest absolute Gasteiger partial charge is 0.208 e. The molecule has 0 saturated heterocycles. The zero-order valence-corrected chi connectivity index (χ0v) is 10.7. The lowest BCUT2D eigenvalue weighted by Crippen LogP contribution is -2.25. The molecule has 0 aliphatic carbocycles. The van der Waals surface area contributed by atoms with Crippen LogP contribution in [0.3, 0.4) is 0 Å². The maximum atomic E-state index is 3.53. The Kier molecular flexibility index (Phi) is 3.52. The molecule has 16 heavy (non-hydrogen) atoms. The summed E-state index contributed by atoms with van der Waals surface area (Å²) < 4.78 is 3.14. The summed E-state index contributed by atoms with van der Waals surface area (Å²) >= 11 is 3.53. The zero-order valence-electron chi connectivity index (χ0n) is 9.10. The fourth-order valence-corrected chi connectivity index (χ4v) is 1.84. The van der Waals surface area contributed by atoms with Crippen molar-refractivity contribution in [1.29, 1.82) is 0 Å². The second-order valence-electron chi connectivity index (χ2n) is 3.65. The lowest BCUT2D eigenvalue weighted by atomic mass is 10.1. The van der Waals surface area contributed by atoms with E-state index in [1.807, 2.05) is 42.2 Å². The topological polar surface area (TPSA) is 3.88 Å². The van der Waals surface area contributed by atoms with E-state index >= 15 is 0 Å². The van der Waals surface area contributed by atoms with Gasteiger partial charge in [0.1, 0.15) is 7.05 Å². The quantitative estimate of drug-likeness (QED) is 0.739. The Balaban J connectivity index is 2.21. The van der Waals surface area contributed by atoms with E-state index in [1.54, 1.807) is 0 Å². The number of aromatic nitrogens is 1. The van der Waals surface area contributed by atoms with Gasteiger partial charge in [0.25, 0.3) is 0 Å². The molecule has 0 atom stereocenters. The first kappa shape index (κ1) is 11.1. The van der Waals surface area contributed by atoms with Gasteiger partial charge in [0.05, 0.1) is 0 Å². The lowest BCUT2D eigenvalue weighted by molar-refractivity contribution is -0.671. The van der Waals surface area contributed by atoms with Crippen LogP contribution >= 0.6 is 15.9 Å². The normalized spacial score (nSPS) is 10.9. The van der Waals surface area contributed by atoms with Gasteiger partial charge >= 0.3 is 0 Å². The van der Waals surface area contributed by atoms with Gasteiger partial charge in [-0.25, -0.2) is 4.57 Å². The molecule has 1 nitrogen and oxygen atoms in total. The van der Waals surface area contributed by atoms with Gasteiger partial charge in [0, 0.05) is 16.6 Å². The van der Waals surface area contributed by atoms with Crippen LogP contribution in [0.2, 0.25) is 0 Å². The second kappa shape index (κ2) is 5.08. The first-order valence-electron chi connectivity index (χ1n) is 5.13. The van der Waals surface area contributed by atoms with Gasteiger partial charge < -0.3 is 0 Å².